The SMILES string of the molecule is CCC12OC(=N)C(C#N)(C1C)C(C#N)(C#N)C(C(C)C)O2. The van der Waals surface area contributed by atoms with Crippen LogP contribution in [0.2, 0.25) is 0 Å². The van der Waals surface area contributed by atoms with Crippen molar-refractivity contribution in [2.45, 2.75) is 46.0 Å². The second-order valence-corrected chi connectivity index (χ2v) is 6.05. The summed E-state index contributed by atoms with van der Waals surface area (Å²) in [4.78, 5) is 0. The molecule has 0 aliphatic carbocycles. The Morgan fingerprint density at radius 2 is 1.81 bits per heavy atom. The molecule has 0 radical (unpaired) electrons. The highest BCUT2D eigenvalue weighted by molar-refractivity contribution is 5.89. The molecular weight excluding hydrogens is 268 g/mol. The van der Waals surface area contributed by atoms with Crippen LogP contribution in [0.5, 0.6) is 0 Å². The minimum atomic E-state index is -1.75. The predicted molar refractivity (Wildman–Crippen MR) is 72.4 cm³/mol. The number of nitrogens with zero attached hydrogens (tertiary/aromatic N) is 3. The second-order valence-electron chi connectivity index (χ2n) is 6.05. The van der Waals surface area contributed by atoms with Gasteiger partial charge in [0.2, 0.25) is 11.7 Å². The van der Waals surface area contributed by atoms with Crippen molar-refractivity contribution in [1.29, 1.82) is 21.2 Å². The maximum Gasteiger partial charge on any atom is 0.216 e. The second kappa shape index (κ2) is 4.45. The van der Waals surface area contributed by atoms with Crippen molar-refractivity contribution in [2.24, 2.45) is 22.7 Å². The standard InChI is InChI=1S/C15H18N4O2/c1-5-15-10(4)14(8-18,12(19)21-15)13(6-16,7-17)11(20-15)9(2)3/h9-11,19H,5H2,1-4H3. The summed E-state index contributed by atoms with van der Waals surface area (Å²) in [6.45, 7) is 7.23. The Morgan fingerprint density at radius 1 is 1.24 bits per heavy atom. The number of rotatable bonds is 2. The third-order valence-corrected chi connectivity index (χ3v) is 4.94. The molecule has 4 atom stereocenters. The van der Waals surface area contributed by atoms with Gasteiger partial charge in [0.05, 0.1) is 30.2 Å². The van der Waals surface area contributed by atoms with Crippen LogP contribution in [0.1, 0.15) is 34.1 Å². The van der Waals surface area contributed by atoms with Crippen LogP contribution in [0.15, 0.2) is 0 Å². The molecule has 2 heterocycles. The van der Waals surface area contributed by atoms with Gasteiger partial charge >= 0.3 is 0 Å². The van der Waals surface area contributed by atoms with Gasteiger partial charge < -0.3 is 9.47 Å². The number of hydrogen-bond acceptors (Lipinski definition) is 6. The first kappa shape index (κ1) is 15.3. The van der Waals surface area contributed by atoms with E-state index < -0.39 is 28.6 Å². The summed E-state index contributed by atoms with van der Waals surface area (Å²) in [6.07, 6.45) is -0.345. The Labute approximate surface area is 124 Å². The van der Waals surface area contributed by atoms with Crippen molar-refractivity contribution in [3.05, 3.63) is 0 Å². The molecule has 2 fully saturated rings. The summed E-state index contributed by atoms with van der Waals surface area (Å²) in [5, 5.41) is 37.4. The fourth-order valence-electron chi connectivity index (χ4n) is 3.70. The van der Waals surface area contributed by atoms with Gasteiger partial charge in [0, 0.05) is 6.42 Å². The van der Waals surface area contributed by atoms with Gasteiger partial charge in [-0.3, -0.25) is 5.41 Å². The molecule has 6 heteroatoms. The molecule has 2 aliphatic rings. The summed E-state index contributed by atoms with van der Waals surface area (Å²) in [5.41, 5.74) is -3.35. The van der Waals surface area contributed by atoms with Gasteiger partial charge in [-0.05, 0) is 5.92 Å². The lowest BCUT2D eigenvalue weighted by Crippen LogP contribution is -2.63. The van der Waals surface area contributed by atoms with Gasteiger partial charge in [-0.1, -0.05) is 27.7 Å². The summed E-state index contributed by atoms with van der Waals surface area (Å²) >= 11 is 0. The minimum absolute atomic E-state index is 0.162. The summed E-state index contributed by atoms with van der Waals surface area (Å²) in [5.74, 6) is -2.17. The first-order chi connectivity index (χ1) is 9.81. The lowest BCUT2D eigenvalue weighted by Gasteiger charge is -2.49. The summed E-state index contributed by atoms with van der Waals surface area (Å²) in [7, 11) is 0. The molecule has 6 nitrogen and oxygen atoms in total. The monoisotopic (exact) mass is 286 g/mol. The molecule has 1 N–H and O–H groups in total. The lowest BCUT2D eigenvalue weighted by atomic mass is 9.53. The highest BCUT2D eigenvalue weighted by Crippen LogP contribution is 2.64. The third-order valence-electron chi connectivity index (χ3n) is 4.94. The fraction of sp³-hybridized carbons (Fsp3) is 0.733. The third kappa shape index (κ3) is 1.40. The zero-order chi connectivity index (χ0) is 16.1. The van der Waals surface area contributed by atoms with Gasteiger partial charge in [0.15, 0.2) is 10.8 Å². The highest BCUT2D eigenvalue weighted by atomic mass is 16.7. The van der Waals surface area contributed by atoms with Crippen molar-refractivity contribution in [2.75, 3.05) is 0 Å². The van der Waals surface area contributed by atoms with Crippen LogP contribution in [-0.2, 0) is 9.47 Å². The highest BCUT2D eigenvalue weighted by Gasteiger charge is 2.78. The molecule has 2 aliphatic heterocycles. The topological polar surface area (TPSA) is 114 Å². The fourth-order valence-corrected chi connectivity index (χ4v) is 3.70. The smallest absolute Gasteiger partial charge is 0.216 e. The van der Waals surface area contributed by atoms with E-state index in [9.17, 15) is 15.8 Å². The van der Waals surface area contributed by atoms with Crippen molar-refractivity contribution < 1.29 is 9.47 Å². The van der Waals surface area contributed by atoms with E-state index >= 15 is 0 Å². The van der Waals surface area contributed by atoms with Crippen molar-refractivity contribution >= 4 is 5.90 Å². The van der Waals surface area contributed by atoms with E-state index in [2.05, 4.69) is 6.07 Å². The zero-order valence-corrected chi connectivity index (χ0v) is 12.6. The summed E-state index contributed by atoms with van der Waals surface area (Å²) in [6, 6.07) is 6.05. The van der Waals surface area contributed by atoms with Gasteiger partial charge in [0.1, 0.15) is 0 Å². The quantitative estimate of drug-likeness (QED) is 0.836. The van der Waals surface area contributed by atoms with Gasteiger partial charge in [-0.25, -0.2) is 0 Å². The predicted octanol–water partition coefficient (Wildman–Crippen LogP) is 2.33. The van der Waals surface area contributed by atoms with Crippen LogP contribution in [0.4, 0.5) is 0 Å². The molecule has 2 saturated heterocycles. The Morgan fingerprint density at radius 3 is 2.19 bits per heavy atom. The first-order valence-electron chi connectivity index (χ1n) is 7.01. The maximum absolute atomic E-state index is 9.79. The molecule has 0 aromatic carbocycles. The zero-order valence-electron chi connectivity index (χ0n) is 12.6. The average Bonchev–Trinajstić information content (AvgIpc) is 2.63. The van der Waals surface area contributed by atoms with Crippen LogP contribution < -0.4 is 0 Å². The van der Waals surface area contributed by atoms with Gasteiger partial charge in [0.25, 0.3) is 0 Å². The molecule has 110 valence electrons. The number of nitriles is 3. The van der Waals surface area contributed by atoms with E-state index in [-0.39, 0.29) is 11.8 Å². The van der Waals surface area contributed by atoms with Crippen LogP contribution in [0.3, 0.4) is 0 Å². The van der Waals surface area contributed by atoms with Crippen LogP contribution in [-0.4, -0.2) is 17.8 Å². The first-order valence-corrected chi connectivity index (χ1v) is 7.01. The van der Waals surface area contributed by atoms with Crippen molar-refractivity contribution in [1.82, 2.24) is 0 Å². The van der Waals surface area contributed by atoms with Crippen LogP contribution >= 0.6 is 0 Å². The molecule has 0 aromatic rings. The van der Waals surface area contributed by atoms with E-state index in [4.69, 9.17) is 14.9 Å². The van der Waals surface area contributed by atoms with E-state index in [0.717, 1.165) is 0 Å². The Kier molecular flexibility index (Phi) is 3.24. The number of nitrogens with one attached hydrogen (secondary N) is 1. The minimum Gasteiger partial charge on any atom is -0.447 e. The van der Waals surface area contributed by atoms with E-state index in [0.29, 0.717) is 6.42 Å². The van der Waals surface area contributed by atoms with Gasteiger partial charge in [-0.2, -0.15) is 15.8 Å². The molecule has 0 saturated carbocycles. The Hall–Kier alpha value is -2.10. The number of fused-ring (bicyclic) bond motifs is 2. The Bertz CT molecular complexity index is 595. The van der Waals surface area contributed by atoms with E-state index in [1.165, 1.54) is 0 Å². The largest absolute Gasteiger partial charge is 0.447 e. The normalized spacial score (nSPS) is 40.0. The molecule has 2 bridgehead atoms. The van der Waals surface area contributed by atoms with Crippen LogP contribution in [0.25, 0.3) is 0 Å². The number of ether oxygens (including phenoxy) is 2. The molecule has 4 unspecified atom stereocenters. The number of hydrogen-bond donors (Lipinski definition) is 1. The van der Waals surface area contributed by atoms with Gasteiger partial charge in [-0.15, -0.1) is 0 Å². The molecule has 0 amide bonds. The Balaban J connectivity index is 2.82. The lowest BCUT2D eigenvalue weighted by molar-refractivity contribution is -0.285. The van der Waals surface area contributed by atoms with Crippen molar-refractivity contribution in [3.8, 4) is 18.2 Å². The maximum atomic E-state index is 9.79. The van der Waals surface area contributed by atoms with Crippen molar-refractivity contribution in [3.63, 3.8) is 0 Å². The average molecular weight is 286 g/mol. The van der Waals surface area contributed by atoms with Crippen LogP contribution in [0, 0.1) is 62.1 Å². The summed E-state index contributed by atoms with van der Waals surface area (Å²) < 4.78 is 11.6. The molecule has 21 heavy (non-hydrogen) atoms. The van der Waals surface area contributed by atoms with E-state index in [1.54, 1.807) is 6.92 Å². The molecule has 0 aromatic heterocycles. The molecular formula is C15H18N4O2. The van der Waals surface area contributed by atoms with E-state index in [1.807, 2.05) is 32.9 Å². The molecule has 2 rings (SSSR count). The molecule has 0 spiro atoms.